The summed E-state index contributed by atoms with van der Waals surface area (Å²) in [4.78, 5) is 5.98. The van der Waals surface area contributed by atoms with Crippen LogP contribution in [0, 0.1) is 0 Å². The molecule has 0 amide bonds. The fourth-order valence-corrected chi connectivity index (χ4v) is 3.32. The summed E-state index contributed by atoms with van der Waals surface area (Å²) >= 11 is 0. The van der Waals surface area contributed by atoms with Crippen molar-refractivity contribution in [1.29, 1.82) is 0 Å². The minimum Gasteiger partial charge on any atom is -0.384 e. The van der Waals surface area contributed by atoms with E-state index < -0.39 is 0 Å². The number of nitrogens with zero attached hydrogens (tertiary/aromatic N) is 1. The number of aromatic nitrogens is 1. The van der Waals surface area contributed by atoms with E-state index >= 15 is 0 Å². The summed E-state index contributed by atoms with van der Waals surface area (Å²) in [6.07, 6.45) is 4.23. The zero-order chi connectivity index (χ0) is 16.1. The van der Waals surface area contributed by atoms with Gasteiger partial charge in [-0.05, 0) is 57.7 Å². The summed E-state index contributed by atoms with van der Waals surface area (Å²) in [7, 11) is 1.77. The van der Waals surface area contributed by atoms with Crippen molar-refractivity contribution < 1.29 is 4.74 Å². The highest BCUT2D eigenvalue weighted by Gasteiger charge is 2.15. The minimum atomic E-state index is 0.582. The molecule has 0 bridgehead atoms. The highest BCUT2D eigenvalue weighted by molar-refractivity contribution is 5.86. The van der Waals surface area contributed by atoms with Crippen LogP contribution in [0.4, 0.5) is 0 Å². The number of methoxy groups -OCH3 is 1. The number of aromatic amines is 1. The molecule has 0 saturated heterocycles. The molecule has 22 heavy (non-hydrogen) atoms. The molecule has 0 aliphatic carbocycles. The van der Waals surface area contributed by atoms with Crippen molar-refractivity contribution in [3.63, 3.8) is 0 Å². The van der Waals surface area contributed by atoms with Crippen molar-refractivity contribution in [3.8, 4) is 0 Å². The van der Waals surface area contributed by atoms with Gasteiger partial charge in [0.1, 0.15) is 0 Å². The Labute approximate surface area is 134 Å². The summed E-state index contributed by atoms with van der Waals surface area (Å²) in [6.45, 7) is 11.0. The maximum Gasteiger partial charge on any atom is 0.0502 e. The molecule has 1 aromatic carbocycles. The lowest BCUT2D eigenvalue weighted by molar-refractivity contribution is 0.177. The maximum absolute atomic E-state index is 5.25. The van der Waals surface area contributed by atoms with E-state index in [0.717, 1.165) is 26.0 Å². The lowest BCUT2D eigenvalue weighted by Crippen LogP contribution is -2.38. The molecule has 0 aliphatic heterocycles. The van der Waals surface area contributed by atoms with Crippen molar-refractivity contribution in [3.05, 3.63) is 35.5 Å². The molecule has 3 heteroatoms. The van der Waals surface area contributed by atoms with Gasteiger partial charge in [-0.2, -0.15) is 0 Å². The van der Waals surface area contributed by atoms with Gasteiger partial charge < -0.3 is 9.72 Å². The standard InChI is InChI=1S/C19H30N2O/c1-14(2)21(15(3)4)11-9-17-13-20-18-8-6-7-16(19(17)18)10-12-22-5/h6-8,13-15,20H,9-12H2,1-5H3. The van der Waals surface area contributed by atoms with Gasteiger partial charge in [0.05, 0.1) is 6.61 Å². The smallest absolute Gasteiger partial charge is 0.0502 e. The molecule has 0 spiro atoms. The first-order valence-electron chi connectivity index (χ1n) is 8.37. The fourth-order valence-electron chi connectivity index (χ4n) is 3.32. The van der Waals surface area contributed by atoms with Gasteiger partial charge in [-0.3, -0.25) is 4.90 Å². The predicted molar refractivity (Wildman–Crippen MR) is 94.6 cm³/mol. The van der Waals surface area contributed by atoms with Gasteiger partial charge in [-0.25, -0.2) is 0 Å². The zero-order valence-corrected chi connectivity index (χ0v) is 14.6. The van der Waals surface area contributed by atoms with E-state index in [1.165, 1.54) is 22.0 Å². The molecule has 0 unspecified atom stereocenters. The lowest BCUT2D eigenvalue weighted by Gasteiger charge is -2.30. The van der Waals surface area contributed by atoms with E-state index in [0.29, 0.717) is 12.1 Å². The van der Waals surface area contributed by atoms with Gasteiger partial charge >= 0.3 is 0 Å². The molecule has 1 N–H and O–H groups in total. The van der Waals surface area contributed by atoms with Crippen molar-refractivity contribution in [2.45, 2.75) is 52.6 Å². The summed E-state index contributed by atoms with van der Waals surface area (Å²) in [5, 5.41) is 1.40. The molecule has 2 aromatic rings. The van der Waals surface area contributed by atoms with Crippen molar-refractivity contribution in [2.24, 2.45) is 0 Å². The number of fused-ring (bicyclic) bond motifs is 1. The molecular weight excluding hydrogens is 272 g/mol. The summed E-state index contributed by atoms with van der Waals surface area (Å²) < 4.78 is 5.25. The third-order valence-electron chi connectivity index (χ3n) is 4.42. The van der Waals surface area contributed by atoms with Crippen LogP contribution in [0.3, 0.4) is 0 Å². The quantitative estimate of drug-likeness (QED) is 0.798. The molecule has 2 rings (SSSR count). The van der Waals surface area contributed by atoms with Crippen LogP contribution in [0.1, 0.15) is 38.8 Å². The van der Waals surface area contributed by atoms with Gasteiger partial charge in [0, 0.05) is 42.8 Å². The summed E-state index contributed by atoms with van der Waals surface area (Å²) in [5.41, 5.74) is 4.05. The lowest BCUT2D eigenvalue weighted by atomic mass is 10.0. The van der Waals surface area contributed by atoms with E-state index in [1.54, 1.807) is 7.11 Å². The Balaban J connectivity index is 2.20. The highest BCUT2D eigenvalue weighted by Crippen LogP contribution is 2.24. The van der Waals surface area contributed by atoms with E-state index in [2.05, 4.69) is 62.0 Å². The van der Waals surface area contributed by atoms with Crippen LogP contribution in [0.2, 0.25) is 0 Å². The maximum atomic E-state index is 5.25. The second-order valence-corrected chi connectivity index (χ2v) is 6.57. The second-order valence-electron chi connectivity index (χ2n) is 6.57. The average molecular weight is 302 g/mol. The average Bonchev–Trinajstić information content (AvgIpc) is 2.88. The predicted octanol–water partition coefficient (Wildman–Crippen LogP) is 4.02. The van der Waals surface area contributed by atoms with E-state index in [4.69, 9.17) is 4.74 Å². The SMILES string of the molecule is COCCc1cccc2[nH]cc(CCN(C(C)C)C(C)C)c12. The normalized spacial score (nSPS) is 12.2. The monoisotopic (exact) mass is 302 g/mol. The van der Waals surface area contributed by atoms with Gasteiger partial charge in [0.15, 0.2) is 0 Å². The largest absolute Gasteiger partial charge is 0.384 e. The van der Waals surface area contributed by atoms with E-state index in [9.17, 15) is 0 Å². The Kier molecular flexibility index (Phi) is 6.04. The van der Waals surface area contributed by atoms with Crippen molar-refractivity contribution in [2.75, 3.05) is 20.3 Å². The first-order valence-corrected chi connectivity index (χ1v) is 8.37. The van der Waals surface area contributed by atoms with Gasteiger partial charge in [0.25, 0.3) is 0 Å². The number of rotatable bonds is 8. The van der Waals surface area contributed by atoms with Crippen LogP contribution in [0.5, 0.6) is 0 Å². The molecule has 1 heterocycles. The molecule has 1 aromatic heterocycles. The van der Waals surface area contributed by atoms with Crippen LogP contribution < -0.4 is 0 Å². The molecular formula is C19H30N2O. The summed E-state index contributed by atoms with van der Waals surface area (Å²) in [6, 6.07) is 7.68. The highest BCUT2D eigenvalue weighted by atomic mass is 16.5. The van der Waals surface area contributed by atoms with E-state index in [1.807, 2.05) is 0 Å². The number of hydrogen-bond donors (Lipinski definition) is 1. The van der Waals surface area contributed by atoms with Crippen molar-refractivity contribution >= 4 is 10.9 Å². The first kappa shape index (κ1) is 17.0. The van der Waals surface area contributed by atoms with Crippen LogP contribution in [0.15, 0.2) is 24.4 Å². The van der Waals surface area contributed by atoms with Crippen LogP contribution >= 0.6 is 0 Å². The third kappa shape index (κ3) is 3.90. The Bertz CT molecular complexity index is 578. The Hall–Kier alpha value is -1.32. The molecule has 0 fully saturated rings. The van der Waals surface area contributed by atoms with Crippen molar-refractivity contribution in [1.82, 2.24) is 9.88 Å². The Morgan fingerprint density at radius 2 is 1.77 bits per heavy atom. The number of nitrogens with one attached hydrogen (secondary N) is 1. The first-order chi connectivity index (χ1) is 10.5. The third-order valence-corrected chi connectivity index (χ3v) is 4.42. The molecule has 122 valence electrons. The zero-order valence-electron chi connectivity index (χ0n) is 14.6. The Morgan fingerprint density at radius 3 is 2.41 bits per heavy atom. The Morgan fingerprint density at radius 1 is 1.05 bits per heavy atom. The minimum absolute atomic E-state index is 0.582. The molecule has 0 radical (unpaired) electrons. The molecule has 0 saturated carbocycles. The van der Waals surface area contributed by atoms with Gasteiger partial charge in [-0.1, -0.05) is 12.1 Å². The van der Waals surface area contributed by atoms with E-state index in [-0.39, 0.29) is 0 Å². The molecule has 0 atom stereocenters. The number of hydrogen-bond acceptors (Lipinski definition) is 2. The van der Waals surface area contributed by atoms with Gasteiger partial charge in [-0.15, -0.1) is 0 Å². The topological polar surface area (TPSA) is 28.3 Å². The molecule has 0 aliphatic rings. The molecule has 3 nitrogen and oxygen atoms in total. The van der Waals surface area contributed by atoms with Gasteiger partial charge in [0.2, 0.25) is 0 Å². The number of H-pyrrole nitrogens is 1. The van der Waals surface area contributed by atoms with Crippen LogP contribution in [0.25, 0.3) is 10.9 Å². The van der Waals surface area contributed by atoms with Crippen LogP contribution in [-0.4, -0.2) is 42.2 Å². The van der Waals surface area contributed by atoms with Crippen LogP contribution in [-0.2, 0) is 17.6 Å². The summed E-state index contributed by atoms with van der Waals surface area (Å²) in [5.74, 6) is 0. The number of ether oxygens (including phenoxy) is 1. The fraction of sp³-hybridized carbons (Fsp3) is 0.579. The number of benzene rings is 1. The second kappa shape index (κ2) is 7.80.